The van der Waals surface area contributed by atoms with Crippen molar-refractivity contribution in [3.63, 3.8) is 0 Å². The van der Waals surface area contributed by atoms with Crippen molar-refractivity contribution in [2.24, 2.45) is 0 Å². The Morgan fingerprint density at radius 1 is 1.29 bits per heavy atom. The summed E-state index contributed by atoms with van der Waals surface area (Å²) in [4.78, 5) is 5.01. The molecule has 0 saturated heterocycles. The second-order valence-electron chi connectivity index (χ2n) is 3.50. The van der Waals surface area contributed by atoms with E-state index >= 15 is 0 Å². The maximum absolute atomic E-state index is 12.2. The summed E-state index contributed by atoms with van der Waals surface area (Å²) in [6, 6.07) is 3.08. The lowest BCUT2D eigenvalue weighted by molar-refractivity contribution is -0.146. The van der Waals surface area contributed by atoms with Crippen molar-refractivity contribution < 1.29 is 13.2 Å². The average Bonchev–Trinajstić information content (AvgIpc) is 2.19. The van der Waals surface area contributed by atoms with Crippen LogP contribution in [0.25, 0.3) is 0 Å². The highest BCUT2D eigenvalue weighted by molar-refractivity contribution is 6.32. The second-order valence-corrected chi connectivity index (χ2v) is 4.25. The summed E-state index contributed by atoms with van der Waals surface area (Å²) < 4.78 is 36.7. The van der Waals surface area contributed by atoms with E-state index in [2.05, 4.69) is 4.98 Å². The molecule has 0 aliphatic heterocycles. The molecule has 0 aromatic carbocycles. The number of pyridine rings is 1. The minimum absolute atomic E-state index is 0.0962. The Labute approximate surface area is 107 Å². The summed E-state index contributed by atoms with van der Waals surface area (Å²) in [5.41, 5.74) is 0.530. The molecule has 0 N–H and O–H groups in total. The molecule has 1 heterocycles. The Bertz CT molecular complexity index is 382. The van der Waals surface area contributed by atoms with Gasteiger partial charge in [0.15, 0.2) is 0 Å². The molecule has 0 saturated carbocycles. The molecule has 0 amide bonds. The third-order valence-electron chi connectivity index (χ3n) is 2.14. The van der Waals surface area contributed by atoms with Gasteiger partial charge in [-0.1, -0.05) is 36.2 Å². The molecule has 7 heteroatoms. The molecule has 0 spiro atoms. The number of nitrogens with zero attached hydrogens (tertiary/aromatic N) is 2. The first-order valence-electron chi connectivity index (χ1n) is 4.92. The van der Waals surface area contributed by atoms with Gasteiger partial charge < -0.3 is 0 Å². The quantitative estimate of drug-likeness (QED) is 0.784. The minimum atomic E-state index is -4.22. The SMILES string of the molecule is CCN(Cc1ccc(Cl)nc1Cl)CC(F)(F)F. The van der Waals surface area contributed by atoms with Crippen LogP contribution in [0.5, 0.6) is 0 Å². The summed E-state index contributed by atoms with van der Waals surface area (Å²) in [7, 11) is 0. The van der Waals surface area contributed by atoms with Crippen LogP contribution in [0.3, 0.4) is 0 Å². The number of halogens is 5. The molecule has 0 atom stereocenters. The van der Waals surface area contributed by atoms with Crippen LogP contribution in [0, 0.1) is 0 Å². The van der Waals surface area contributed by atoms with Crippen LogP contribution in [0.4, 0.5) is 13.2 Å². The Morgan fingerprint density at radius 3 is 2.41 bits per heavy atom. The van der Waals surface area contributed by atoms with Crippen molar-refractivity contribution in [1.82, 2.24) is 9.88 Å². The van der Waals surface area contributed by atoms with E-state index < -0.39 is 12.7 Å². The van der Waals surface area contributed by atoms with Gasteiger partial charge in [0.1, 0.15) is 10.3 Å². The zero-order valence-corrected chi connectivity index (χ0v) is 10.6. The first-order chi connectivity index (χ1) is 7.81. The molecule has 0 aliphatic carbocycles. The molecule has 0 fully saturated rings. The van der Waals surface area contributed by atoms with Gasteiger partial charge in [0, 0.05) is 12.1 Å². The normalized spacial score (nSPS) is 12.2. The fraction of sp³-hybridized carbons (Fsp3) is 0.500. The van der Waals surface area contributed by atoms with Gasteiger partial charge in [0.05, 0.1) is 6.54 Å². The first kappa shape index (κ1) is 14.5. The highest BCUT2D eigenvalue weighted by atomic mass is 35.5. The standard InChI is InChI=1S/C10H11Cl2F3N2/c1-2-17(6-10(13,14)15)5-7-3-4-8(11)16-9(7)12/h3-4H,2,5-6H2,1H3. The molecule has 96 valence electrons. The highest BCUT2D eigenvalue weighted by Gasteiger charge is 2.30. The molecular formula is C10H11Cl2F3N2. The molecule has 0 unspecified atom stereocenters. The number of hydrogen-bond acceptors (Lipinski definition) is 2. The summed E-state index contributed by atoms with van der Waals surface area (Å²) in [6.07, 6.45) is -4.22. The lowest BCUT2D eigenvalue weighted by Gasteiger charge is -2.22. The molecule has 0 radical (unpaired) electrons. The van der Waals surface area contributed by atoms with Gasteiger partial charge in [-0.25, -0.2) is 4.98 Å². The van der Waals surface area contributed by atoms with Crippen LogP contribution < -0.4 is 0 Å². The van der Waals surface area contributed by atoms with Gasteiger partial charge in [0.2, 0.25) is 0 Å². The maximum atomic E-state index is 12.2. The molecule has 1 aromatic heterocycles. The summed E-state index contributed by atoms with van der Waals surface area (Å²) in [5.74, 6) is 0. The van der Waals surface area contributed by atoms with Crippen molar-refractivity contribution in [2.75, 3.05) is 13.1 Å². The third-order valence-corrected chi connectivity index (χ3v) is 2.67. The molecule has 1 rings (SSSR count). The summed E-state index contributed by atoms with van der Waals surface area (Å²) >= 11 is 11.4. The number of hydrogen-bond donors (Lipinski definition) is 0. The second kappa shape index (κ2) is 5.89. The molecule has 17 heavy (non-hydrogen) atoms. The van der Waals surface area contributed by atoms with E-state index in [0.717, 1.165) is 0 Å². The number of aromatic nitrogens is 1. The van der Waals surface area contributed by atoms with Gasteiger partial charge in [-0.15, -0.1) is 0 Å². The predicted molar refractivity (Wildman–Crippen MR) is 61.3 cm³/mol. The Morgan fingerprint density at radius 2 is 1.94 bits per heavy atom. The van der Waals surface area contributed by atoms with E-state index in [-0.39, 0.29) is 23.4 Å². The van der Waals surface area contributed by atoms with Crippen LogP contribution in [-0.4, -0.2) is 29.1 Å². The van der Waals surface area contributed by atoms with E-state index in [9.17, 15) is 13.2 Å². The third kappa shape index (κ3) is 5.10. The monoisotopic (exact) mass is 286 g/mol. The maximum Gasteiger partial charge on any atom is 0.401 e. The van der Waals surface area contributed by atoms with Crippen LogP contribution in [0.15, 0.2) is 12.1 Å². The average molecular weight is 287 g/mol. The molecular weight excluding hydrogens is 276 g/mol. The number of alkyl halides is 3. The van der Waals surface area contributed by atoms with Gasteiger partial charge >= 0.3 is 6.18 Å². The van der Waals surface area contributed by atoms with Crippen molar-refractivity contribution in [1.29, 1.82) is 0 Å². The van der Waals surface area contributed by atoms with Crippen molar-refractivity contribution in [2.45, 2.75) is 19.6 Å². The van der Waals surface area contributed by atoms with Crippen LogP contribution in [-0.2, 0) is 6.54 Å². The van der Waals surface area contributed by atoms with Crippen molar-refractivity contribution >= 4 is 23.2 Å². The minimum Gasteiger partial charge on any atom is -0.291 e. The molecule has 2 nitrogen and oxygen atoms in total. The van der Waals surface area contributed by atoms with Gasteiger partial charge in [0.25, 0.3) is 0 Å². The van der Waals surface area contributed by atoms with Crippen LogP contribution in [0.2, 0.25) is 10.3 Å². The lowest BCUT2D eigenvalue weighted by Crippen LogP contribution is -2.33. The van der Waals surface area contributed by atoms with Gasteiger partial charge in [-0.3, -0.25) is 4.90 Å². The smallest absolute Gasteiger partial charge is 0.291 e. The van der Waals surface area contributed by atoms with Crippen molar-refractivity contribution in [3.05, 3.63) is 28.0 Å². The molecule has 1 aromatic rings. The van der Waals surface area contributed by atoms with E-state index in [1.54, 1.807) is 13.0 Å². The summed E-state index contributed by atoms with van der Waals surface area (Å²) in [6.45, 7) is 1.06. The summed E-state index contributed by atoms with van der Waals surface area (Å²) in [5, 5.41) is 0.357. The fourth-order valence-electron chi connectivity index (χ4n) is 1.33. The van der Waals surface area contributed by atoms with Crippen LogP contribution in [0.1, 0.15) is 12.5 Å². The van der Waals surface area contributed by atoms with E-state index in [4.69, 9.17) is 23.2 Å². The number of rotatable bonds is 4. The van der Waals surface area contributed by atoms with E-state index in [1.807, 2.05) is 0 Å². The fourth-order valence-corrected chi connectivity index (χ4v) is 1.74. The zero-order valence-electron chi connectivity index (χ0n) is 9.06. The largest absolute Gasteiger partial charge is 0.401 e. The highest BCUT2D eigenvalue weighted by Crippen LogP contribution is 2.21. The lowest BCUT2D eigenvalue weighted by atomic mass is 10.2. The Kier molecular flexibility index (Phi) is 5.04. The molecule has 0 bridgehead atoms. The zero-order chi connectivity index (χ0) is 13.1. The van der Waals surface area contributed by atoms with E-state index in [1.165, 1.54) is 11.0 Å². The van der Waals surface area contributed by atoms with Crippen LogP contribution >= 0.6 is 23.2 Å². The topological polar surface area (TPSA) is 16.1 Å². The molecule has 0 aliphatic rings. The Balaban J connectivity index is 2.74. The van der Waals surface area contributed by atoms with Gasteiger partial charge in [-0.2, -0.15) is 13.2 Å². The predicted octanol–water partition coefficient (Wildman–Crippen LogP) is 3.77. The van der Waals surface area contributed by atoms with Crippen molar-refractivity contribution in [3.8, 4) is 0 Å². The Hall–Kier alpha value is -0.520. The first-order valence-corrected chi connectivity index (χ1v) is 5.67. The van der Waals surface area contributed by atoms with Gasteiger partial charge in [-0.05, 0) is 12.6 Å². The van der Waals surface area contributed by atoms with E-state index in [0.29, 0.717) is 5.56 Å².